The van der Waals surface area contributed by atoms with E-state index in [9.17, 15) is 36.2 Å². The van der Waals surface area contributed by atoms with Gasteiger partial charge in [0, 0.05) is 60.4 Å². The maximum Gasteiger partial charge on any atom is 0.255 e. The van der Waals surface area contributed by atoms with Crippen molar-refractivity contribution in [2.45, 2.75) is 138 Å². The molecule has 1 aromatic carbocycles. The van der Waals surface area contributed by atoms with Crippen LogP contribution in [0.3, 0.4) is 0 Å². The first-order valence-corrected chi connectivity index (χ1v) is 19.1. The summed E-state index contributed by atoms with van der Waals surface area (Å²) in [7, 11) is 1.61. The zero-order chi connectivity index (χ0) is 45.0. The number of Topliss-reactive ketones (excluding diaryl/α,β-unsaturated/α-hetero) is 2. The number of carbonyl (C=O) groups excluding carboxylic acids is 4. The highest BCUT2D eigenvalue weighted by atomic mass is 16.3. The topological polar surface area (TPSA) is 206 Å². The molecule has 8 N–H and O–H groups in total. The van der Waals surface area contributed by atoms with Crippen molar-refractivity contribution in [2.75, 3.05) is 30.3 Å². The molecule has 306 valence electrons. The van der Waals surface area contributed by atoms with Gasteiger partial charge in [-0.2, -0.15) is 0 Å². The Labute approximate surface area is 330 Å². The molecule has 55 heavy (non-hydrogen) atoms. The van der Waals surface area contributed by atoms with E-state index in [4.69, 9.17) is 8.48 Å². The monoisotopic (exact) mass is 771 g/mol. The molecular weight excluding hydrogens is 702 g/mol. The van der Waals surface area contributed by atoms with E-state index in [-0.39, 0.29) is 53.3 Å². The molecule has 2 amide bonds. The molecule has 4 rings (SSSR count). The number of hydrogen-bond donors (Lipinski definition) is 7. The molecule has 13 heteroatoms. The number of hydrogen-bond acceptors (Lipinski definition) is 11. The van der Waals surface area contributed by atoms with Gasteiger partial charge in [0.15, 0.2) is 17.1 Å². The van der Waals surface area contributed by atoms with Crippen LogP contribution in [-0.2, 0) is 19.8 Å². The van der Waals surface area contributed by atoms with Gasteiger partial charge >= 0.3 is 0 Å². The second-order valence-electron chi connectivity index (χ2n) is 17.7. The van der Waals surface area contributed by atoms with Crippen LogP contribution in [0.15, 0.2) is 22.7 Å². The van der Waals surface area contributed by atoms with Crippen molar-refractivity contribution in [1.82, 2.24) is 10.2 Å². The highest BCUT2D eigenvalue weighted by Gasteiger charge is 2.69. The van der Waals surface area contributed by atoms with Gasteiger partial charge in [0.05, 0.1) is 25.2 Å². The number of nitrogens with zero attached hydrogens (tertiary/aromatic N) is 2. The molecule has 3 aliphatic rings. The van der Waals surface area contributed by atoms with Gasteiger partial charge in [-0.1, -0.05) is 48.5 Å². The third kappa shape index (κ3) is 6.25. The minimum atomic E-state index is -2.93. The molecule has 0 fully saturated rings. The van der Waals surface area contributed by atoms with Crippen molar-refractivity contribution < 1.29 is 43.7 Å². The molecule has 0 bridgehead atoms. The molecule has 0 aromatic heterocycles. The Kier molecular flexibility index (Phi) is 10.4. The summed E-state index contributed by atoms with van der Waals surface area (Å²) in [4.78, 5) is 58.8. The minimum absolute atomic E-state index is 0.0473. The van der Waals surface area contributed by atoms with Crippen molar-refractivity contribution in [3.63, 3.8) is 0 Å². The fraction of sp³-hybridized carbons (Fsp3) is 0.667. The Balaban J connectivity index is 2.15. The summed E-state index contributed by atoms with van der Waals surface area (Å²) in [6.07, 6.45) is -0.248. The molecule has 1 aromatic rings. The number of rotatable bonds is 12. The number of aliphatic hydroxyl groups excluding tert-OH is 2. The first-order chi connectivity index (χ1) is 26.1. The maximum atomic E-state index is 15.3. The first kappa shape index (κ1) is 39.3. The van der Waals surface area contributed by atoms with E-state index in [1.54, 1.807) is 53.5 Å². The third-order valence-corrected chi connectivity index (χ3v) is 13.6. The number of aromatic hydroxyl groups is 1. The van der Waals surface area contributed by atoms with E-state index in [0.29, 0.717) is 0 Å². The Morgan fingerprint density at radius 3 is 2.05 bits per heavy atom. The molecular formula is C42H65N5O8. The number of nitrogens with two attached hydrogens (primary N) is 1. The van der Waals surface area contributed by atoms with Crippen LogP contribution in [0, 0.1) is 30.1 Å². The second-order valence-corrected chi connectivity index (χ2v) is 17.7. The zero-order valence-corrected chi connectivity index (χ0v) is 35.2. The molecule has 0 saturated carbocycles. The number of phenols is 1. The van der Waals surface area contributed by atoms with Gasteiger partial charge in [-0.15, -0.1) is 0 Å². The number of benzene rings is 1. The number of anilines is 2. The number of amides is 2. The van der Waals surface area contributed by atoms with Crippen LogP contribution in [0.25, 0.3) is 0 Å². The van der Waals surface area contributed by atoms with Gasteiger partial charge in [0.25, 0.3) is 5.91 Å². The molecule has 13 nitrogen and oxygen atoms in total. The molecule has 0 spiro atoms. The van der Waals surface area contributed by atoms with Crippen LogP contribution in [0.1, 0.15) is 122 Å². The van der Waals surface area contributed by atoms with E-state index in [1.807, 2.05) is 34.6 Å². The Morgan fingerprint density at radius 2 is 1.60 bits per heavy atom. The molecule has 0 heterocycles. The number of allylic oxidation sites excluding steroid dienone is 1. The third-order valence-electron chi connectivity index (χ3n) is 13.6. The summed E-state index contributed by atoms with van der Waals surface area (Å²) in [5.74, 6) is -7.90. The van der Waals surface area contributed by atoms with Crippen molar-refractivity contribution in [3.05, 3.63) is 39.4 Å². The van der Waals surface area contributed by atoms with Crippen molar-refractivity contribution in [3.8, 4) is 5.75 Å². The van der Waals surface area contributed by atoms with Crippen LogP contribution < -0.4 is 21.3 Å². The lowest BCUT2D eigenvalue weighted by atomic mass is 9.45. The Bertz CT molecular complexity index is 1970. The number of fused-ring (bicyclic) bond motifs is 3. The average molecular weight is 771 g/mol. The summed E-state index contributed by atoms with van der Waals surface area (Å²) < 4.78 is 27.2. The largest absolute Gasteiger partial charge is 0.510 e. The summed E-state index contributed by atoms with van der Waals surface area (Å²) in [5, 5.41) is 54.7. The van der Waals surface area contributed by atoms with Gasteiger partial charge in [-0.25, -0.2) is 0 Å². The van der Waals surface area contributed by atoms with Crippen LogP contribution in [0.2, 0.25) is 0 Å². The van der Waals surface area contributed by atoms with Gasteiger partial charge in [-0.05, 0) is 79.3 Å². The van der Waals surface area contributed by atoms with Crippen molar-refractivity contribution in [1.29, 1.82) is 0 Å². The normalized spacial score (nSPS) is 26.5. The Hall–Kier alpha value is -3.94. The quantitative estimate of drug-likeness (QED) is 0.109. The summed E-state index contributed by atoms with van der Waals surface area (Å²) in [6, 6.07) is -3.29. The van der Waals surface area contributed by atoms with Crippen LogP contribution >= 0.6 is 0 Å². The van der Waals surface area contributed by atoms with E-state index >= 15 is 4.79 Å². The number of primary amides is 1. The fourth-order valence-corrected chi connectivity index (χ4v) is 9.14. The lowest BCUT2D eigenvalue weighted by Gasteiger charge is -2.59. The summed E-state index contributed by atoms with van der Waals surface area (Å²) in [5.41, 5.74) is -2.44. The lowest BCUT2D eigenvalue weighted by Crippen LogP contribution is -2.67. The molecule has 0 unspecified atom stereocenters. The number of carbonyl (C=O) groups is 4. The van der Waals surface area contributed by atoms with Crippen LogP contribution in [-0.4, -0.2) is 98.0 Å². The van der Waals surface area contributed by atoms with Crippen LogP contribution in [0.4, 0.5) is 11.4 Å². The van der Waals surface area contributed by atoms with Gasteiger partial charge in [0.2, 0.25) is 11.7 Å². The fourth-order valence-electron chi connectivity index (χ4n) is 9.14. The summed E-state index contributed by atoms with van der Waals surface area (Å²) in [6.45, 7) is 22.0. The number of likely N-dealkylation sites (N-methyl/N-ethyl adjacent to an activating group) is 1. The van der Waals surface area contributed by atoms with Gasteiger partial charge < -0.3 is 41.7 Å². The molecule has 0 saturated heterocycles. The van der Waals surface area contributed by atoms with Crippen molar-refractivity contribution >= 4 is 34.8 Å². The smallest absolute Gasteiger partial charge is 0.255 e. The first-order valence-electron chi connectivity index (χ1n) is 20.6. The molecule has 3 aliphatic carbocycles. The van der Waals surface area contributed by atoms with E-state index in [2.05, 4.69) is 10.6 Å². The Morgan fingerprint density at radius 1 is 1.05 bits per heavy atom. The minimum Gasteiger partial charge on any atom is -0.510 e. The number of phenolic OH excluding ortho intramolecular Hbond substituents is 1. The summed E-state index contributed by atoms with van der Waals surface area (Å²) >= 11 is 0. The van der Waals surface area contributed by atoms with Gasteiger partial charge in [0.1, 0.15) is 17.1 Å². The van der Waals surface area contributed by atoms with Gasteiger partial charge in [-0.3, -0.25) is 24.1 Å². The highest BCUT2D eigenvalue weighted by molar-refractivity contribution is 6.25. The van der Waals surface area contributed by atoms with E-state index in [0.717, 1.165) is 0 Å². The zero-order valence-electron chi connectivity index (χ0n) is 38.2. The second kappa shape index (κ2) is 14.5. The van der Waals surface area contributed by atoms with Crippen LogP contribution in [0.5, 0.6) is 5.75 Å². The predicted molar refractivity (Wildman–Crippen MR) is 214 cm³/mol. The SMILES string of the molecule is [2H]C([2H])(C)N(c1c(C)c(NC(=O)CNC(C)(C(C)C)C(C)C)c(O)c2c1C(C)(C)[C@@]1(C)C[C@H]3[C@H](N(C)C(C)C)C(O)=C(C(N)=O)C(=O)[C@@]3(O)C(O)=C1C2=O)C([2H])(C)C. The number of nitrogens with one attached hydrogen (secondary N) is 2. The number of aliphatic hydroxyl groups is 3. The average Bonchev–Trinajstić information content (AvgIpc) is 3.05. The maximum absolute atomic E-state index is 15.3. The number of ketones is 2. The molecule has 0 aliphatic heterocycles. The van der Waals surface area contributed by atoms with E-state index < -0.39 is 104 Å². The van der Waals surface area contributed by atoms with Crippen molar-refractivity contribution in [2.24, 2.45) is 28.9 Å². The lowest BCUT2D eigenvalue weighted by molar-refractivity contribution is -0.152. The molecule has 0 radical (unpaired) electrons. The molecule has 4 atom stereocenters. The highest BCUT2D eigenvalue weighted by Crippen LogP contribution is 2.66. The van der Waals surface area contributed by atoms with E-state index in [1.165, 1.54) is 25.7 Å². The standard InChI is InChI=1S/C42H65N5O8/c1-16-47(22(8)9)31-23(10)30(45-25(48)18-44-41(14,19(2)3)20(4)5)34(50)26-28(31)39(11,12)40(13)17-24-32(46(15)21(6)7)35(51)27(38(43)54)36(52)42(24,55)37(53)29(40)33(26)49/h19-22,24,32,44,50-51,53,55H,16-18H2,1-15H3,(H2,43,54)(H,45,48)/t24-,32-,40-,42+/m0/s1/i16D2,22D. The predicted octanol–water partition coefficient (Wildman–Crippen LogP) is 5.17.